The zero-order chi connectivity index (χ0) is 25.4. The molecular formula is C29H29N3O4. The molecule has 7 heteroatoms. The molecule has 5 rings (SSSR count). The van der Waals surface area contributed by atoms with Gasteiger partial charge in [0.2, 0.25) is 6.79 Å². The SMILES string of the molecule is Cc1cccc(-n2c(C(C)N(CC(C)C)C(=O)c3ccc4c(c3)OCO4)nc3ccccc3c2=O)c1. The Labute approximate surface area is 209 Å². The summed E-state index contributed by atoms with van der Waals surface area (Å²) in [5.41, 5.74) is 2.69. The number of nitrogens with zero attached hydrogens (tertiary/aromatic N) is 3. The van der Waals surface area contributed by atoms with Gasteiger partial charge in [-0.05, 0) is 67.8 Å². The van der Waals surface area contributed by atoms with Crippen molar-refractivity contribution in [3.05, 3.63) is 94.0 Å². The molecule has 0 saturated heterocycles. The van der Waals surface area contributed by atoms with Gasteiger partial charge in [-0.25, -0.2) is 4.98 Å². The van der Waals surface area contributed by atoms with Crippen LogP contribution in [0.15, 0.2) is 71.5 Å². The third-order valence-corrected chi connectivity index (χ3v) is 6.34. The number of carbonyl (C=O) groups excluding carboxylic acids is 1. The van der Waals surface area contributed by atoms with Gasteiger partial charge in [-0.1, -0.05) is 38.1 Å². The van der Waals surface area contributed by atoms with Crippen LogP contribution in [-0.2, 0) is 0 Å². The number of hydrogen-bond donors (Lipinski definition) is 0. The summed E-state index contributed by atoms with van der Waals surface area (Å²) in [7, 11) is 0. The molecule has 184 valence electrons. The van der Waals surface area contributed by atoms with E-state index in [1.165, 1.54) is 0 Å². The number of aromatic nitrogens is 2. The average molecular weight is 484 g/mol. The summed E-state index contributed by atoms with van der Waals surface area (Å²) in [6, 6.07) is 19.8. The minimum absolute atomic E-state index is 0.142. The second-order valence-corrected chi connectivity index (χ2v) is 9.56. The van der Waals surface area contributed by atoms with Crippen LogP contribution in [0.5, 0.6) is 11.5 Å². The van der Waals surface area contributed by atoms with Crippen molar-refractivity contribution < 1.29 is 14.3 Å². The Kier molecular flexibility index (Phi) is 6.22. The largest absolute Gasteiger partial charge is 0.454 e. The molecule has 4 aromatic rings. The molecule has 1 amide bonds. The summed E-state index contributed by atoms with van der Waals surface area (Å²) in [4.78, 5) is 34.3. The zero-order valence-corrected chi connectivity index (χ0v) is 20.9. The first-order chi connectivity index (χ1) is 17.3. The average Bonchev–Trinajstić information content (AvgIpc) is 3.34. The molecule has 36 heavy (non-hydrogen) atoms. The number of ether oxygens (including phenoxy) is 2. The highest BCUT2D eigenvalue weighted by Gasteiger charge is 2.29. The van der Waals surface area contributed by atoms with Gasteiger partial charge in [0.25, 0.3) is 11.5 Å². The Morgan fingerprint density at radius 2 is 1.78 bits per heavy atom. The maximum absolute atomic E-state index is 13.9. The van der Waals surface area contributed by atoms with Gasteiger partial charge in [0.1, 0.15) is 5.82 Å². The summed E-state index contributed by atoms with van der Waals surface area (Å²) in [6.45, 7) is 8.67. The van der Waals surface area contributed by atoms with Crippen LogP contribution in [0.3, 0.4) is 0 Å². The molecule has 1 aliphatic heterocycles. The van der Waals surface area contributed by atoms with Gasteiger partial charge >= 0.3 is 0 Å². The van der Waals surface area contributed by atoms with Crippen molar-refractivity contribution in [3.63, 3.8) is 0 Å². The summed E-state index contributed by atoms with van der Waals surface area (Å²) < 4.78 is 12.5. The van der Waals surface area contributed by atoms with Crippen LogP contribution >= 0.6 is 0 Å². The Morgan fingerprint density at radius 1 is 1.00 bits per heavy atom. The molecular weight excluding hydrogens is 454 g/mol. The Balaban J connectivity index is 1.66. The topological polar surface area (TPSA) is 73.7 Å². The van der Waals surface area contributed by atoms with E-state index in [9.17, 15) is 9.59 Å². The highest BCUT2D eigenvalue weighted by molar-refractivity contribution is 5.95. The number of para-hydroxylation sites is 1. The molecule has 0 aliphatic carbocycles. The normalized spacial score (nSPS) is 13.2. The van der Waals surface area contributed by atoms with E-state index in [-0.39, 0.29) is 24.2 Å². The van der Waals surface area contributed by atoms with E-state index in [4.69, 9.17) is 14.5 Å². The molecule has 0 saturated carbocycles. The highest BCUT2D eigenvalue weighted by atomic mass is 16.7. The fourth-order valence-electron chi connectivity index (χ4n) is 4.59. The number of benzene rings is 3. The third-order valence-electron chi connectivity index (χ3n) is 6.34. The van der Waals surface area contributed by atoms with E-state index in [1.54, 1.807) is 33.7 Å². The fraction of sp³-hybridized carbons (Fsp3) is 0.276. The maximum atomic E-state index is 13.9. The number of rotatable bonds is 6. The second-order valence-electron chi connectivity index (χ2n) is 9.56. The minimum atomic E-state index is -0.483. The van der Waals surface area contributed by atoms with Gasteiger partial charge in [0.15, 0.2) is 11.5 Å². The van der Waals surface area contributed by atoms with E-state index >= 15 is 0 Å². The smallest absolute Gasteiger partial charge is 0.266 e. The molecule has 1 atom stereocenters. The fourth-order valence-corrected chi connectivity index (χ4v) is 4.59. The molecule has 1 aromatic heterocycles. The van der Waals surface area contributed by atoms with Gasteiger partial charge in [0.05, 0.1) is 22.6 Å². The maximum Gasteiger partial charge on any atom is 0.266 e. The Bertz CT molecular complexity index is 1510. The van der Waals surface area contributed by atoms with Gasteiger partial charge in [0, 0.05) is 12.1 Å². The second kappa shape index (κ2) is 9.49. The molecule has 0 spiro atoms. The van der Waals surface area contributed by atoms with Gasteiger partial charge in [-0.2, -0.15) is 0 Å². The lowest BCUT2D eigenvalue weighted by molar-refractivity contribution is 0.0654. The van der Waals surface area contributed by atoms with Crippen LogP contribution in [-0.4, -0.2) is 33.7 Å². The molecule has 1 aliphatic rings. The number of hydrogen-bond acceptors (Lipinski definition) is 5. The van der Waals surface area contributed by atoms with Gasteiger partial charge in [-0.3, -0.25) is 14.2 Å². The number of aryl methyl sites for hydroxylation is 1. The predicted octanol–water partition coefficient (Wildman–Crippen LogP) is 5.28. The van der Waals surface area contributed by atoms with Crippen molar-refractivity contribution in [3.8, 4) is 17.2 Å². The Morgan fingerprint density at radius 3 is 2.56 bits per heavy atom. The molecule has 0 radical (unpaired) electrons. The van der Waals surface area contributed by atoms with Crippen molar-refractivity contribution >= 4 is 16.8 Å². The van der Waals surface area contributed by atoms with Gasteiger partial charge in [-0.15, -0.1) is 0 Å². The van der Waals surface area contributed by atoms with E-state index in [0.29, 0.717) is 40.3 Å². The quantitative estimate of drug-likeness (QED) is 0.373. The molecule has 0 bridgehead atoms. The lowest BCUT2D eigenvalue weighted by Gasteiger charge is -2.32. The summed E-state index contributed by atoms with van der Waals surface area (Å²) in [5.74, 6) is 1.73. The van der Waals surface area contributed by atoms with Crippen molar-refractivity contribution in [2.45, 2.75) is 33.7 Å². The van der Waals surface area contributed by atoms with E-state index in [0.717, 1.165) is 11.3 Å². The first kappa shape index (κ1) is 23.6. The summed E-state index contributed by atoms with van der Waals surface area (Å²) in [6.07, 6.45) is 0. The van der Waals surface area contributed by atoms with Crippen LogP contribution in [0, 0.1) is 12.8 Å². The van der Waals surface area contributed by atoms with Crippen molar-refractivity contribution in [2.24, 2.45) is 5.92 Å². The first-order valence-electron chi connectivity index (χ1n) is 12.1. The van der Waals surface area contributed by atoms with Crippen LogP contribution in [0.25, 0.3) is 16.6 Å². The van der Waals surface area contributed by atoms with E-state index < -0.39 is 6.04 Å². The minimum Gasteiger partial charge on any atom is -0.454 e. The zero-order valence-electron chi connectivity index (χ0n) is 20.9. The molecule has 1 unspecified atom stereocenters. The summed E-state index contributed by atoms with van der Waals surface area (Å²) >= 11 is 0. The number of amides is 1. The molecule has 2 heterocycles. The predicted molar refractivity (Wildman–Crippen MR) is 139 cm³/mol. The van der Waals surface area contributed by atoms with Crippen LogP contribution in [0.1, 0.15) is 48.6 Å². The summed E-state index contributed by atoms with van der Waals surface area (Å²) in [5, 5.41) is 0.535. The van der Waals surface area contributed by atoms with E-state index in [2.05, 4.69) is 13.8 Å². The standard InChI is InChI=1S/C29H29N3O4/c1-18(2)16-31(28(33)21-12-13-25-26(15-21)36-17-35-25)20(4)27-30-24-11-6-5-10-23(24)29(34)32(27)22-9-7-8-19(3)14-22/h5-15,18,20H,16-17H2,1-4H3. The third kappa shape index (κ3) is 4.33. The molecule has 7 nitrogen and oxygen atoms in total. The first-order valence-corrected chi connectivity index (χ1v) is 12.1. The van der Waals surface area contributed by atoms with Crippen molar-refractivity contribution in [1.29, 1.82) is 0 Å². The van der Waals surface area contributed by atoms with Crippen LogP contribution in [0.2, 0.25) is 0 Å². The molecule has 3 aromatic carbocycles. The lowest BCUT2D eigenvalue weighted by Crippen LogP contribution is -2.39. The van der Waals surface area contributed by atoms with Gasteiger partial charge < -0.3 is 14.4 Å². The number of carbonyl (C=O) groups is 1. The van der Waals surface area contributed by atoms with E-state index in [1.807, 2.05) is 56.3 Å². The van der Waals surface area contributed by atoms with Crippen molar-refractivity contribution in [1.82, 2.24) is 14.5 Å². The number of fused-ring (bicyclic) bond motifs is 2. The molecule has 0 fully saturated rings. The van der Waals surface area contributed by atoms with Crippen molar-refractivity contribution in [2.75, 3.05) is 13.3 Å². The monoisotopic (exact) mass is 483 g/mol. The molecule has 0 N–H and O–H groups in total. The lowest BCUT2D eigenvalue weighted by atomic mass is 10.1. The Hall–Kier alpha value is -4.13. The van der Waals surface area contributed by atoms with Crippen LogP contribution in [0.4, 0.5) is 0 Å². The van der Waals surface area contributed by atoms with Crippen LogP contribution < -0.4 is 15.0 Å². The highest BCUT2D eigenvalue weighted by Crippen LogP contribution is 2.34.